The van der Waals surface area contributed by atoms with Crippen molar-refractivity contribution in [2.24, 2.45) is 7.05 Å². The minimum absolute atomic E-state index is 0.191. The number of amides is 1. The molecule has 0 aliphatic heterocycles. The predicted octanol–water partition coefficient (Wildman–Crippen LogP) is 2.94. The van der Waals surface area contributed by atoms with E-state index in [9.17, 15) is 9.90 Å². The number of hydrogen-bond donors (Lipinski definition) is 2. The fraction of sp³-hybridized carbons (Fsp3) is 0.273. The molecular formula is C22H21N5O2S. The lowest BCUT2D eigenvalue weighted by Gasteiger charge is -2.32. The summed E-state index contributed by atoms with van der Waals surface area (Å²) in [5.74, 6) is -0.262. The molecule has 3 heterocycles. The molecule has 0 unspecified atom stereocenters. The Morgan fingerprint density at radius 2 is 2.13 bits per heavy atom. The zero-order valence-corrected chi connectivity index (χ0v) is 17.3. The van der Waals surface area contributed by atoms with Crippen LogP contribution in [0.5, 0.6) is 0 Å². The van der Waals surface area contributed by atoms with E-state index in [0.717, 1.165) is 40.6 Å². The lowest BCUT2D eigenvalue weighted by Crippen LogP contribution is -2.50. The quantitative estimate of drug-likeness (QED) is 0.519. The third-order valence-corrected chi connectivity index (χ3v) is 6.24. The van der Waals surface area contributed by atoms with E-state index in [0.29, 0.717) is 17.8 Å². The molecule has 152 valence electrons. The number of benzene rings is 1. The first kappa shape index (κ1) is 18.9. The Kier molecular flexibility index (Phi) is 4.80. The molecule has 1 aromatic carbocycles. The number of aryl methyl sites for hydroxylation is 1. The number of carbonyl (C=O) groups excluding carboxylic acids is 1. The van der Waals surface area contributed by atoms with Crippen LogP contribution in [0.2, 0.25) is 0 Å². The molecule has 1 aliphatic carbocycles. The fourth-order valence-corrected chi connectivity index (χ4v) is 4.26. The van der Waals surface area contributed by atoms with E-state index in [1.165, 1.54) is 0 Å². The second-order valence-electron chi connectivity index (χ2n) is 7.64. The summed E-state index contributed by atoms with van der Waals surface area (Å²) in [7, 11) is 1.82. The number of aromatic nitrogens is 4. The van der Waals surface area contributed by atoms with Crippen molar-refractivity contribution in [2.75, 3.05) is 0 Å². The zero-order chi connectivity index (χ0) is 20.7. The number of carbonyl (C=O) groups is 1. The Hall–Kier alpha value is -3.10. The van der Waals surface area contributed by atoms with Crippen LogP contribution in [-0.4, -0.2) is 42.9 Å². The van der Waals surface area contributed by atoms with Crippen LogP contribution in [0.1, 0.15) is 34.5 Å². The molecule has 0 bridgehead atoms. The Morgan fingerprint density at radius 1 is 1.30 bits per heavy atom. The molecule has 7 nitrogen and oxygen atoms in total. The molecular weight excluding hydrogens is 398 g/mol. The van der Waals surface area contributed by atoms with E-state index >= 15 is 0 Å². The molecule has 2 atom stereocenters. The van der Waals surface area contributed by atoms with Crippen LogP contribution in [0.25, 0.3) is 22.3 Å². The van der Waals surface area contributed by atoms with Gasteiger partial charge in [-0.2, -0.15) is 5.10 Å². The van der Waals surface area contributed by atoms with Crippen LogP contribution in [0.4, 0.5) is 0 Å². The van der Waals surface area contributed by atoms with Gasteiger partial charge < -0.3 is 10.4 Å². The van der Waals surface area contributed by atoms with Crippen LogP contribution in [-0.2, 0) is 13.5 Å². The number of nitrogens with zero attached hydrogens (tertiary/aromatic N) is 4. The second kappa shape index (κ2) is 7.62. The summed E-state index contributed by atoms with van der Waals surface area (Å²) in [5.41, 5.74) is 7.03. The number of aliphatic hydroxyl groups excluding tert-OH is 1. The van der Waals surface area contributed by atoms with E-state index < -0.39 is 6.10 Å². The van der Waals surface area contributed by atoms with Crippen molar-refractivity contribution in [1.29, 1.82) is 0 Å². The molecule has 1 fully saturated rings. The molecule has 3 aromatic heterocycles. The van der Waals surface area contributed by atoms with E-state index in [2.05, 4.69) is 44.6 Å². The van der Waals surface area contributed by atoms with Gasteiger partial charge in [-0.05, 0) is 36.5 Å². The van der Waals surface area contributed by atoms with Crippen molar-refractivity contribution < 1.29 is 9.90 Å². The largest absolute Gasteiger partial charge is 0.391 e. The highest BCUT2D eigenvalue weighted by Crippen LogP contribution is 2.25. The van der Waals surface area contributed by atoms with Gasteiger partial charge >= 0.3 is 0 Å². The highest BCUT2D eigenvalue weighted by Gasteiger charge is 2.30. The number of pyridine rings is 1. The van der Waals surface area contributed by atoms with Gasteiger partial charge in [0.25, 0.3) is 5.91 Å². The average molecular weight is 420 g/mol. The predicted molar refractivity (Wildman–Crippen MR) is 115 cm³/mol. The monoisotopic (exact) mass is 419 g/mol. The minimum Gasteiger partial charge on any atom is -0.391 e. The average Bonchev–Trinajstić information content (AvgIpc) is 3.42. The van der Waals surface area contributed by atoms with Gasteiger partial charge in [-0.15, -0.1) is 11.3 Å². The van der Waals surface area contributed by atoms with E-state index in [1.807, 2.05) is 24.0 Å². The van der Waals surface area contributed by atoms with Crippen LogP contribution < -0.4 is 5.32 Å². The molecule has 0 saturated heterocycles. The number of fused-ring (bicyclic) bond motifs is 1. The van der Waals surface area contributed by atoms with E-state index in [4.69, 9.17) is 0 Å². The molecule has 1 saturated carbocycles. The van der Waals surface area contributed by atoms with Crippen molar-refractivity contribution in [3.05, 3.63) is 64.2 Å². The Balaban J connectivity index is 1.45. The van der Waals surface area contributed by atoms with Crippen molar-refractivity contribution in [3.63, 3.8) is 0 Å². The van der Waals surface area contributed by atoms with Gasteiger partial charge in [0.1, 0.15) is 5.69 Å². The lowest BCUT2D eigenvalue weighted by atomic mass is 9.89. The van der Waals surface area contributed by atoms with Crippen molar-refractivity contribution in [3.8, 4) is 11.3 Å². The van der Waals surface area contributed by atoms with E-state index in [-0.39, 0.29) is 11.9 Å². The normalized spacial score (nSPS) is 18.3. The van der Waals surface area contributed by atoms with Crippen LogP contribution >= 0.6 is 11.3 Å². The highest BCUT2D eigenvalue weighted by molar-refractivity contribution is 7.07. The Morgan fingerprint density at radius 3 is 2.80 bits per heavy atom. The Bertz CT molecular complexity index is 1200. The molecule has 1 amide bonds. The van der Waals surface area contributed by atoms with Crippen molar-refractivity contribution in [1.82, 2.24) is 25.1 Å². The molecule has 8 heteroatoms. The van der Waals surface area contributed by atoms with Gasteiger partial charge in [0.05, 0.1) is 29.5 Å². The first-order valence-electron chi connectivity index (χ1n) is 9.86. The number of thiazole rings is 1. The van der Waals surface area contributed by atoms with Gasteiger partial charge in [-0.1, -0.05) is 24.3 Å². The number of aliphatic hydroxyl groups is 1. The molecule has 30 heavy (non-hydrogen) atoms. The van der Waals surface area contributed by atoms with E-state index in [1.54, 1.807) is 22.2 Å². The number of hydrogen-bond acceptors (Lipinski definition) is 6. The maximum Gasteiger partial charge on any atom is 0.270 e. The number of rotatable bonds is 5. The third kappa shape index (κ3) is 3.48. The maximum atomic E-state index is 12.7. The van der Waals surface area contributed by atoms with Gasteiger partial charge in [-0.3, -0.25) is 9.48 Å². The van der Waals surface area contributed by atoms with Crippen LogP contribution in [0.15, 0.2) is 47.4 Å². The topological polar surface area (TPSA) is 92.9 Å². The third-order valence-electron chi connectivity index (χ3n) is 5.65. The Labute approximate surface area is 177 Å². The molecule has 0 spiro atoms. The summed E-state index contributed by atoms with van der Waals surface area (Å²) in [6.45, 7) is 0. The van der Waals surface area contributed by atoms with Gasteiger partial charge in [0.15, 0.2) is 5.65 Å². The van der Waals surface area contributed by atoms with Crippen molar-refractivity contribution in [2.45, 2.75) is 31.4 Å². The van der Waals surface area contributed by atoms with Crippen LogP contribution in [0.3, 0.4) is 0 Å². The smallest absolute Gasteiger partial charge is 0.270 e. The first-order chi connectivity index (χ1) is 14.6. The summed E-state index contributed by atoms with van der Waals surface area (Å²) >= 11 is 1.58. The summed E-state index contributed by atoms with van der Waals surface area (Å²) in [4.78, 5) is 21.6. The van der Waals surface area contributed by atoms with Gasteiger partial charge in [0, 0.05) is 23.4 Å². The molecule has 5 rings (SSSR count). The summed E-state index contributed by atoms with van der Waals surface area (Å²) in [6, 6.07) is 9.94. The lowest BCUT2D eigenvalue weighted by molar-refractivity contribution is 0.0445. The highest BCUT2D eigenvalue weighted by atomic mass is 32.1. The minimum atomic E-state index is -0.468. The van der Waals surface area contributed by atoms with Crippen LogP contribution in [0, 0.1) is 0 Å². The summed E-state index contributed by atoms with van der Waals surface area (Å²) < 4.78 is 1.68. The molecule has 0 radical (unpaired) electrons. The standard InChI is InChI=1S/C22H21N5O2S/c1-27-21-16(10-24-27)15(9-18(25-21)22(29)26-17-6-7-20(17)28)8-13-2-4-14(5-3-13)19-11-30-12-23-19/h2-5,9-12,17,20,28H,6-8H2,1H3,(H,26,29)/t17-,20-/m0/s1. The molecule has 1 aliphatic rings. The van der Waals surface area contributed by atoms with Gasteiger partial charge in [0.2, 0.25) is 0 Å². The maximum absolute atomic E-state index is 12.7. The fourth-order valence-electron chi connectivity index (χ4n) is 3.70. The summed E-state index contributed by atoms with van der Waals surface area (Å²) in [6.07, 6.45) is 3.50. The van der Waals surface area contributed by atoms with Gasteiger partial charge in [-0.25, -0.2) is 9.97 Å². The number of nitrogens with one attached hydrogen (secondary N) is 1. The molecule has 4 aromatic rings. The van der Waals surface area contributed by atoms with Crippen molar-refractivity contribution >= 4 is 28.3 Å². The zero-order valence-electron chi connectivity index (χ0n) is 16.4. The second-order valence-corrected chi connectivity index (χ2v) is 8.36. The summed E-state index contributed by atoms with van der Waals surface area (Å²) in [5, 5.41) is 19.9. The SMILES string of the molecule is Cn1ncc2c(Cc3ccc(-c4cscn4)cc3)cc(C(=O)N[C@H]3CC[C@@H]3O)nc21. The first-order valence-corrected chi connectivity index (χ1v) is 10.8. The molecule has 2 N–H and O–H groups in total.